The van der Waals surface area contributed by atoms with E-state index in [2.05, 4.69) is 98.1 Å². The topological polar surface area (TPSA) is 68.3 Å². The van der Waals surface area contributed by atoms with Crippen LogP contribution in [-0.4, -0.2) is 38.9 Å². The van der Waals surface area contributed by atoms with Crippen molar-refractivity contribution in [2.75, 3.05) is 34.0 Å². The molecule has 3 heterocycles. The first-order valence-corrected chi connectivity index (χ1v) is 17.7. The minimum absolute atomic E-state index is 0.00634. The Morgan fingerprint density at radius 2 is 1.43 bits per heavy atom. The molecule has 2 aliphatic heterocycles. The number of hydrogen-bond acceptors (Lipinski definition) is 7. The van der Waals surface area contributed by atoms with Crippen molar-refractivity contribution in [2.24, 2.45) is 5.41 Å². The zero-order chi connectivity index (χ0) is 36.1. The van der Waals surface area contributed by atoms with Crippen LogP contribution in [0, 0.1) is 23.3 Å². The molecule has 0 saturated carbocycles. The third-order valence-electron chi connectivity index (χ3n) is 9.01. The summed E-state index contributed by atoms with van der Waals surface area (Å²) in [5.41, 5.74) is 6.97. The highest BCUT2D eigenvalue weighted by molar-refractivity contribution is 7.17. The molecule has 0 aliphatic carbocycles. The van der Waals surface area contributed by atoms with Gasteiger partial charge in [-0.05, 0) is 83.3 Å². The highest BCUT2D eigenvalue weighted by Gasteiger charge is 2.29. The number of methoxy groups -OCH3 is 2. The highest BCUT2D eigenvalue weighted by Crippen LogP contribution is 2.50. The number of nitriles is 1. The fourth-order valence-corrected chi connectivity index (χ4v) is 7.58. The van der Waals surface area contributed by atoms with Crippen LogP contribution in [0.4, 0.5) is 0 Å². The Hall–Kier alpha value is -5.70. The lowest BCUT2D eigenvalue weighted by atomic mass is 9.85. The van der Waals surface area contributed by atoms with Gasteiger partial charge in [0.05, 0.1) is 36.6 Å². The molecule has 0 spiro atoms. The molecule has 3 aromatic carbocycles. The van der Waals surface area contributed by atoms with Crippen molar-refractivity contribution in [3.05, 3.63) is 147 Å². The summed E-state index contributed by atoms with van der Waals surface area (Å²) in [4.78, 5) is 7.68. The summed E-state index contributed by atoms with van der Waals surface area (Å²) >= 11 is 1.63. The summed E-state index contributed by atoms with van der Waals surface area (Å²) in [6.07, 6.45) is 8.00. The van der Waals surface area contributed by atoms with Gasteiger partial charge in [-0.15, -0.1) is 11.3 Å². The monoisotopic (exact) mass is 695 g/mol. The molecule has 0 atom stereocenters. The van der Waals surface area contributed by atoms with E-state index in [-0.39, 0.29) is 17.0 Å². The van der Waals surface area contributed by atoms with Crippen LogP contribution in [0.15, 0.2) is 114 Å². The number of benzene rings is 3. The van der Waals surface area contributed by atoms with Gasteiger partial charge in [0.1, 0.15) is 24.7 Å². The molecule has 0 unspecified atom stereocenters. The predicted molar refractivity (Wildman–Crippen MR) is 204 cm³/mol. The van der Waals surface area contributed by atoms with Crippen LogP contribution in [0.1, 0.15) is 55.2 Å². The zero-order valence-corrected chi connectivity index (χ0v) is 30.6. The van der Waals surface area contributed by atoms with Crippen molar-refractivity contribution in [1.82, 2.24) is 4.90 Å². The average Bonchev–Trinajstić information content (AvgIpc) is 3.53. The number of hydrogen-bond donors (Lipinski definition) is 0. The van der Waals surface area contributed by atoms with Gasteiger partial charge in [-0.3, -0.25) is 0 Å². The van der Waals surface area contributed by atoms with E-state index >= 15 is 0 Å². The van der Waals surface area contributed by atoms with Crippen molar-refractivity contribution in [3.63, 3.8) is 0 Å². The minimum atomic E-state index is -0.199. The number of ether oxygens (including phenoxy) is 4. The van der Waals surface area contributed by atoms with E-state index in [1.807, 2.05) is 42.5 Å². The predicted octanol–water partition coefficient (Wildman–Crippen LogP) is 10.2. The second-order valence-electron chi connectivity index (χ2n) is 13.2. The van der Waals surface area contributed by atoms with Crippen LogP contribution in [0.2, 0.25) is 0 Å². The van der Waals surface area contributed by atoms with Crippen molar-refractivity contribution in [1.29, 1.82) is 5.26 Å². The van der Waals surface area contributed by atoms with E-state index in [0.717, 1.165) is 72.9 Å². The Morgan fingerprint density at radius 1 is 0.882 bits per heavy atom. The Bertz CT molecular complexity index is 2040. The molecular weight excluding hydrogens is 655 g/mol. The maximum atomic E-state index is 9.68. The summed E-state index contributed by atoms with van der Waals surface area (Å²) in [5.74, 6) is 3.12. The Balaban J connectivity index is 1.37. The van der Waals surface area contributed by atoms with Crippen LogP contribution < -0.4 is 18.9 Å². The van der Waals surface area contributed by atoms with E-state index in [4.69, 9.17) is 25.5 Å². The molecule has 0 N–H and O–H groups in total. The first kappa shape index (κ1) is 35.1. The van der Waals surface area contributed by atoms with Gasteiger partial charge in [0.25, 0.3) is 5.70 Å². The van der Waals surface area contributed by atoms with Gasteiger partial charge in [0.2, 0.25) is 0 Å². The lowest BCUT2D eigenvalue weighted by molar-refractivity contribution is 0.174. The normalized spacial score (nSPS) is 15.2. The zero-order valence-electron chi connectivity index (χ0n) is 29.8. The van der Waals surface area contributed by atoms with Crippen LogP contribution in [-0.2, 0) is 0 Å². The van der Waals surface area contributed by atoms with E-state index in [0.29, 0.717) is 18.8 Å². The largest absolute Gasteiger partial charge is 0.497 e. The van der Waals surface area contributed by atoms with Gasteiger partial charge in [-0.25, -0.2) is 10.1 Å². The first-order chi connectivity index (χ1) is 24.7. The van der Waals surface area contributed by atoms with Gasteiger partial charge in [0, 0.05) is 29.3 Å². The summed E-state index contributed by atoms with van der Waals surface area (Å²) in [6.45, 7) is 17.8. The molecule has 0 saturated heterocycles. The van der Waals surface area contributed by atoms with Crippen LogP contribution in [0.3, 0.4) is 0 Å². The van der Waals surface area contributed by atoms with Crippen molar-refractivity contribution in [3.8, 4) is 39.5 Å². The van der Waals surface area contributed by atoms with Crippen molar-refractivity contribution in [2.45, 2.75) is 33.6 Å². The molecule has 0 fully saturated rings. The lowest BCUT2D eigenvalue weighted by Crippen LogP contribution is -2.31. The first-order valence-electron chi connectivity index (χ1n) is 16.9. The number of nitrogens with zero attached hydrogens (tertiary/aromatic N) is 3. The molecule has 51 heavy (non-hydrogen) atoms. The molecule has 0 radical (unpaired) electrons. The highest BCUT2D eigenvalue weighted by atomic mass is 32.1. The molecule has 258 valence electrons. The number of fused-ring (bicyclic) bond motifs is 1. The van der Waals surface area contributed by atoms with Crippen LogP contribution in [0.5, 0.6) is 23.0 Å². The minimum Gasteiger partial charge on any atom is -0.497 e. The number of rotatable bonds is 9. The second kappa shape index (κ2) is 15.0. The molecule has 0 amide bonds. The van der Waals surface area contributed by atoms with E-state index in [9.17, 15) is 5.26 Å². The van der Waals surface area contributed by atoms with E-state index < -0.39 is 0 Å². The van der Waals surface area contributed by atoms with Gasteiger partial charge in [-0.2, -0.15) is 0 Å². The molecule has 0 bridgehead atoms. The molecule has 8 heteroatoms. The fourth-order valence-electron chi connectivity index (χ4n) is 6.48. The second-order valence-corrected chi connectivity index (χ2v) is 14.3. The van der Waals surface area contributed by atoms with E-state index in [1.165, 1.54) is 0 Å². The fraction of sp³-hybridized carbons (Fsp3) is 0.256. The molecule has 1 aromatic heterocycles. The van der Waals surface area contributed by atoms with Gasteiger partial charge in [-0.1, -0.05) is 69.3 Å². The maximum Gasteiger partial charge on any atom is 0.269 e. The Morgan fingerprint density at radius 3 is 1.92 bits per heavy atom. The lowest BCUT2D eigenvalue weighted by Gasteiger charge is -2.38. The molecule has 4 aromatic rings. The molecule has 6 rings (SSSR count). The number of likely N-dealkylation sites (N-methyl/N-ethyl adjacent to an activating group) is 1. The number of allylic oxidation sites excluding steroid dienone is 6. The van der Waals surface area contributed by atoms with Crippen molar-refractivity contribution >= 4 is 17.4 Å². The molecule has 7 nitrogen and oxygen atoms in total. The Kier molecular flexibility index (Phi) is 10.4. The SMILES string of the molecule is [C-]#[N+]/C(C#N)=C1C=C(/C=C/c2sc(-c3ccc(C(c4ccc(OC)cc4)c4ccc(OC)cc4)cc3)c3c2OCCO3)N(CC)C(C(C)(C)C)=C/1. The quantitative estimate of drug-likeness (QED) is 0.0987. The average molecular weight is 696 g/mol. The van der Waals surface area contributed by atoms with Crippen LogP contribution in [0.25, 0.3) is 21.4 Å². The third kappa shape index (κ3) is 7.29. The summed E-state index contributed by atoms with van der Waals surface area (Å²) < 4.78 is 23.3. The smallest absolute Gasteiger partial charge is 0.269 e. The maximum absolute atomic E-state index is 9.68. The van der Waals surface area contributed by atoms with Crippen molar-refractivity contribution < 1.29 is 18.9 Å². The summed E-state index contributed by atoms with van der Waals surface area (Å²) in [5, 5.41) is 9.68. The number of thiophene rings is 1. The van der Waals surface area contributed by atoms with E-state index in [1.54, 1.807) is 25.6 Å². The van der Waals surface area contributed by atoms with Gasteiger partial charge < -0.3 is 23.8 Å². The van der Waals surface area contributed by atoms with Crippen LogP contribution >= 0.6 is 11.3 Å². The molecular formula is C43H41N3O4S. The Labute approximate surface area is 304 Å². The molecule has 2 aliphatic rings. The third-order valence-corrected chi connectivity index (χ3v) is 10.2. The summed E-state index contributed by atoms with van der Waals surface area (Å²) in [6, 6.07) is 27.2. The summed E-state index contributed by atoms with van der Waals surface area (Å²) in [7, 11) is 3.36. The van der Waals surface area contributed by atoms with Gasteiger partial charge in [0.15, 0.2) is 11.5 Å². The standard InChI is InChI=1S/C43H41N3O4S/c1-8-46-33(25-32(36(27-44)45-5)26-38(46)43(2,3)4)17-22-37-40-41(50-24-23-49-40)42(51-37)31-11-9-28(10-12-31)39(29-13-18-34(47-6)19-14-29)30-15-20-35(48-7)21-16-30/h9-22,25-26,39H,8,23-24H2,1-4,6-7H3/b22-17+,36-32-. The van der Waals surface area contributed by atoms with Gasteiger partial charge >= 0.3 is 0 Å².